The maximum absolute atomic E-state index is 11.7. The molecular formula is C13H17BrN2O5. The first-order valence-corrected chi connectivity index (χ1v) is 7.20. The number of carbonyl (C=O) groups is 3. The minimum Gasteiger partial charge on any atom is -0.480 e. The van der Waals surface area contributed by atoms with Crippen molar-refractivity contribution in [1.29, 1.82) is 0 Å². The van der Waals surface area contributed by atoms with Gasteiger partial charge in [0.05, 0.1) is 6.54 Å². The summed E-state index contributed by atoms with van der Waals surface area (Å²) in [5.74, 6) is -2.36. The van der Waals surface area contributed by atoms with E-state index in [0.29, 0.717) is 11.1 Å². The number of furan rings is 1. The Morgan fingerprint density at radius 1 is 1.38 bits per heavy atom. The minimum atomic E-state index is -1.10. The highest BCUT2D eigenvalue weighted by Crippen LogP contribution is 2.13. The molecule has 0 aromatic carbocycles. The largest absolute Gasteiger partial charge is 0.480 e. The smallest absolute Gasteiger partial charge is 0.326 e. The summed E-state index contributed by atoms with van der Waals surface area (Å²) < 4.78 is 5.43. The number of nitrogens with one attached hydrogen (secondary N) is 2. The van der Waals surface area contributed by atoms with E-state index in [9.17, 15) is 14.4 Å². The van der Waals surface area contributed by atoms with E-state index in [4.69, 9.17) is 9.52 Å². The predicted octanol–water partition coefficient (Wildman–Crippen LogP) is 1.39. The van der Waals surface area contributed by atoms with Gasteiger partial charge in [-0.2, -0.15) is 0 Å². The lowest BCUT2D eigenvalue weighted by molar-refractivity contribution is -0.143. The Morgan fingerprint density at radius 3 is 2.52 bits per heavy atom. The van der Waals surface area contributed by atoms with Crippen LogP contribution in [0.1, 0.15) is 30.8 Å². The molecule has 0 saturated heterocycles. The van der Waals surface area contributed by atoms with E-state index < -0.39 is 23.8 Å². The zero-order chi connectivity index (χ0) is 16.0. The lowest BCUT2D eigenvalue weighted by Crippen LogP contribution is -2.48. The van der Waals surface area contributed by atoms with Crippen LogP contribution in [0, 0.1) is 5.92 Å². The van der Waals surface area contributed by atoms with Gasteiger partial charge in [-0.05, 0) is 34.0 Å². The fraction of sp³-hybridized carbons (Fsp3) is 0.462. The van der Waals surface area contributed by atoms with Gasteiger partial charge in [0.25, 0.3) is 5.91 Å². The minimum absolute atomic E-state index is 0.0615. The molecule has 1 heterocycles. The summed E-state index contributed by atoms with van der Waals surface area (Å²) in [4.78, 5) is 34.4. The van der Waals surface area contributed by atoms with Gasteiger partial charge >= 0.3 is 5.97 Å². The van der Waals surface area contributed by atoms with Crippen LogP contribution in [0.15, 0.2) is 21.2 Å². The average Bonchev–Trinajstić information content (AvgIpc) is 2.87. The van der Waals surface area contributed by atoms with Crippen LogP contribution in [0.25, 0.3) is 0 Å². The van der Waals surface area contributed by atoms with E-state index in [0.717, 1.165) is 0 Å². The van der Waals surface area contributed by atoms with Gasteiger partial charge < -0.3 is 20.2 Å². The number of carboxylic acids is 1. The second-order valence-electron chi connectivity index (χ2n) is 4.56. The third-order valence-corrected chi connectivity index (χ3v) is 3.43. The normalized spacial score (nSPS) is 13.3. The molecule has 0 bridgehead atoms. The molecule has 8 heteroatoms. The number of hydrogen-bond acceptors (Lipinski definition) is 4. The number of aliphatic carboxylic acids is 1. The Hall–Kier alpha value is -1.83. The van der Waals surface area contributed by atoms with Crippen LogP contribution in [-0.4, -0.2) is 35.5 Å². The standard InChI is InChI=1S/C13H17BrN2O5/c1-3-7(2)11(13(19)20)16-10(17)6-15-12(18)8-4-5-9(14)21-8/h4-5,7,11H,3,6H2,1-2H3,(H,15,18)(H,16,17)(H,19,20). The summed E-state index contributed by atoms with van der Waals surface area (Å²) in [5, 5.41) is 13.8. The first-order valence-electron chi connectivity index (χ1n) is 6.40. The molecule has 116 valence electrons. The third kappa shape index (κ3) is 5.22. The van der Waals surface area contributed by atoms with Gasteiger partial charge in [-0.3, -0.25) is 9.59 Å². The molecule has 2 atom stereocenters. The first kappa shape index (κ1) is 17.2. The van der Waals surface area contributed by atoms with Crippen LogP contribution >= 0.6 is 15.9 Å². The van der Waals surface area contributed by atoms with Gasteiger partial charge in [-0.15, -0.1) is 0 Å². The van der Waals surface area contributed by atoms with Gasteiger partial charge in [-0.25, -0.2) is 4.79 Å². The molecule has 0 aliphatic carbocycles. The summed E-state index contributed by atoms with van der Waals surface area (Å²) in [5.41, 5.74) is 0. The maximum Gasteiger partial charge on any atom is 0.326 e. The molecule has 2 unspecified atom stereocenters. The molecule has 1 aromatic heterocycles. The number of halogens is 1. The lowest BCUT2D eigenvalue weighted by Gasteiger charge is -2.20. The summed E-state index contributed by atoms with van der Waals surface area (Å²) in [6.45, 7) is 3.25. The van der Waals surface area contributed by atoms with Crippen molar-refractivity contribution in [3.63, 3.8) is 0 Å². The zero-order valence-corrected chi connectivity index (χ0v) is 13.3. The maximum atomic E-state index is 11.7. The molecule has 7 nitrogen and oxygen atoms in total. The molecule has 21 heavy (non-hydrogen) atoms. The van der Waals surface area contributed by atoms with E-state index in [1.54, 1.807) is 13.0 Å². The fourth-order valence-electron chi connectivity index (χ4n) is 1.59. The Labute approximate surface area is 130 Å². The number of carbonyl (C=O) groups excluding carboxylic acids is 2. The van der Waals surface area contributed by atoms with E-state index in [-0.39, 0.29) is 18.2 Å². The van der Waals surface area contributed by atoms with E-state index in [2.05, 4.69) is 26.6 Å². The van der Waals surface area contributed by atoms with Crippen LogP contribution in [0.3, 0.4) is 0 Å². The van der Waals surface area contributed by atoms with Crippen molar-refractivity contribution in [2.75, 3.05) is 6.54 Å². The molecule has 1 aromatic rings. The number of amides is 2. The molecule has 0 aliphatic rings. The van der Waals surface area contributed by atoms with Crippen molar-refractivity contribution in [2.45, 2.75) is 26.3 Å². The highest BCUT2D eigenvalue weighted by molar-refractivity contribution is 9.10. The Balaban J connectivity index is 2.49. The third-order valence-electron chi connectivity index (χ3n) is 3.00. The van der Waals surface area contributed by atoms with Crippen LogP contribution < -0.4 is 10.6 Å². The molecule has 0 aliphatic heterocycles. The molecule has 0 spiro atoms. The molecule has 1 rings (SSSR count). The summed E-state index contributed by atoms with van der Waals surface area (Å²) in [7, 11) is 0. The predicted molar refractivity (Wildman–Crippen MR) is 77.8 cm³/mol. The van der Waals surface area contributed by atoms with Crippen LogP contribution in [0.2, 0.25) is 0 Å². The summed E-state index contributed by atoms with van der Waals surface area (Å²) in [6.07, 6.45) is 0.615. The Bertz CT molecular complexity index is 528. The van der Waals surface area contributed by atoms with Crippen LogP contribution in [0.5, 0.6) is 0 Å². The van der Waals surface area contributed by atoms with E-state index >= 15 is 0 Å². The van der Waals surface area contributed by atoms with Gasteiger partial charge in [0.1, 0.15) is 6.04 Å². The topological polar surface area (TPSA) is 109 Å². The van der Waals surface area contributed by atoms with E-state index in [1.165, 1.54) is 6.07 Å². The van der Waals surface area contributed by atoms with Crippen molar-refractivity contribution >= 4 is 33.7 Å². The van der Waals surface area contributed by atoms with Crippen molar-refractivity contribution in [2.24, 2.45) is 5.92 Å². The van der Waals surface area contributed by atoms with Crippen molar-refractivity contribution in [3.8, 4) is 0 Å². The molecular weight excluding hydrogens is 344 g/mol. The molecule has 3 N–H and O–H groups in total. The average molecular weight is 361 g/mol. The first-order chi connectivity index (χ1) is 9.85. The van der Waals surface area contributed by atoms with E-state index in [1.807, 2.05) is 6.92 Å². The van der Waals surface area contributed by atoms with Gasteiger partial charge in [0.15, 0.2) is 10.4 Å². The SMILES string of the molecule is CCC(C)C(NC(=O)CNC(=O)c1ccc(Br)o1)C(=O)O. The van der Waals surface area contributed by atoms with Crippen LogP contribution in [0.4, 0.5) is 0 Å². The summed E-state index contributed by atoms with van der Waals surface area (Å²) in [6, 6.07) is 2.03. The van der Waals surface area contributed by atoms with Crippen molar-refractivity contribution in [1.82, 2.24) is 10.6 Å². The highest BCUT2D eigenvalue weighted by atomic mass is 79.9. The molecule has 0 radical (unpaired) electrons. The number of rotatable bonds is 7. The second-order valence-corrected chi connectivity index (χ2v) is 5.34. The number of carboxylic acid groups (broad SMARTS) is 1. The quantitative estimate of drug-likeness (QED) is 0.680. The van der Waals surface area contributed by atoms with Gasteiger partial charge in [0.2, 0.25) is 5.91 Å². The molecule has 0 saturated carbocycles. The Kier molecular flexibility index (Phi) is 6.41. The fourth-order valence-corrected chi connectivity index (χ4v) is 1.90. The van der Waals surface area contributed by atoms with Gasteiger partial charge in [0, 0.05) is 0 Å². The van der Waals surface area contributed by atoms with Crippen LogP contribution in [-0.2, 0) is 9.59 Å². The van der Waals surface area contributed by atoms with Gasteiger partial charge in [-0.1, -0.05) is 20.3 Å². The lowest BCUT2D eigenvalue weighted by atomic mass is 9.99. The van der Waals surface area contributed by atoms with Crippen molar-refractivity contribution in [3.05, 3.63) is 22.6 Å². The monoisotopic (exact) mass is 360 g/mol. The Morgan fingerprint density at radius 2 is 2.05 bits per heavy atom. The molecule has 2 amide bonds. The zero-order valence-electron chi connectivity index (χ0n) is 11.7. The highest BCUT2D eigenvalue weighted by Gasteiger charge is 2.25. The number of hydrogen-bond donors (Lipinski definition) is 3. The molecule has 0 fully saturated rings. The second kappa shape index (κ2) is 7.82. The van der Waals surface area contributed by atoms with Crippen molar-refractivity contribution < 1.29 is 23.9 Å². The summed E-state index contributed by atoms with van der Waals surface area (Å²) >= 11 is 3.06.